The van der Waals surface area contributed by atoms with E-state index in [0.29, 0.717) is 27.5 Å². The van der Waals surface area contributed by atoms with E-state index in [-0.39, 0.29) is 23.1 Å². The Morgan fingerprint density at radius 2 is 1.94 bits per heavy atom. The molecule has 186 valence electrons. The number of amides is 1. The Hall–Kier alpha value is -3.66. The van der Waals surface area contributed by atoms with Crippen LogP contribution >= 0.6 is 11.3 Å². The highest BCUT2D eigenvalue weighted by Gasteiger charge is 2.28. The molecule has 4 aromatic rings. The summed E-state index contributed by atoms with van der Waals surface area (Å²) < 4.78 is 34.3. The lowest BCUT2D eigenvalue weighted by molar-refractivity contribution is -0.116. The van der Waals surface area contributed by atoms with Crippen molar-refractivity contribution in [3.8, 4) is 11.3 Å². The molecule has 1 aliphatic carbocycles. The van der Waals surface area contributed by atoms with Gasteiger partial charge in [-0.2, -0.15) is 5.10 Å². The zero-order chi connectivity index (χ0) is 25.4. The number of hydrogen-bond acceptors (Lipinski definition) is 6. The van der Waals surface area contributed by atoms with Gasteiger partial charge in [0.25, 0.3) is 6.43 Å². The first-order valence-corrected chi connectivity index (χ1v) is 12.4. The number of esters is 1. The molecule has 0 radical (unpaired) electrons. The van der Waals surface area contributed by atoms with E-state index in [0.717, 1.165) is 36.1 Å². The van der Waals surface area contributed by atoms with E-state index in [9.17, 15) is 18.4 Å². The second-order valence-electron chi connectivity index (χ2n) is 8.66. The molecule has 3 aromatic heterocycles. The lowest BCUT2D eigenvalue weighted by Gasteiger charge is -2.12. The van der Waals surface area contributed by atoms with Crippen molar-refractivity contribution < 1.29 is 23.1 Å². The molecule has 36 heavy (non-hydrogen) atoms. The van der Waals surface area contributed by atoms with Crippen molar-refractivity contribution in [2.75, 3.05) is 12.4 Å². The number of carbonyl (C=O) groups excluding carboxylic acids is 2. The van der Waals surface area contributed by atoms with Crippen molar-refractivity contribution >= 4 is 39.2 Å². The molecular formula is C26H24F2N4O3S. The predicted octanol–water partition coefficient (Wildman–Crippen LogP) is 5.71. The fraction of sp³-hybridized carbons (Fsp3) is 0.308. The first-order valence-electron chi connectivity index (χ1n) is 11.6. The number of carbonyl (C=O) groups is 2. The third kappa shape index (κ3) is 4.37. The van der Waals surface area contributed by atoms with Crippen LogP contribution in [-0.4, -0.2) is 33.8 Å². The number of hydrogen-bond donors (Lipinski definition) is 1. The number of nitrogens with zero attached hydrogens (tertiary/aromatic N) is 3. The summed E-state index contributed by atoms with van der Waals surface area (Å²) in [5, 5.41) is 7.87. The molecule has 0 fully saturated rings. The summed E-state index contributed by atoms with van der Waals surface area (Å²) in [6, 6.07) is 10.4. The molecule has 10 heteroatoms. The van der Waals surface area contributed by atoms with Gasteiger partial charge in [-0.25, -0.2) is 23.2 Å². The summed E-state index contributed by atoms with van der Waals surface area (Å²) >= 11 is 1.38. The van der Waals surface area contributed by atoms with Crippen LogP contribution in [0.1, 0.15) is 51.3 Å². The third-order valence-electron chi connectivity index (χ3n) is 6.32. The van der Waals surface area contributed by atoms with Gasteiger partial charge in [-0.1, -0.05) is 30.3 Å². The summed E-state index contributed by atoms with van der Waals surface area (Å²) in [6.07, 6.45) is 0.885. The molecule has 0 spiro atoms. The van der Waals surface area contributed by atoms with E-state index in [1.54, 1.807) is 31.2 Å². The van der Waals surface area contributed by atoms with Gasteiger partial charge in [0.05, 0.1) is 29.4 Å². The summed E-state index contributed by atoms with van der Waals surface area (Å²) in [4.78, 5) is 31.3. The van der Waals surface area contributed by atoms with Crippen molar-refractivity contribution in [3.05, 3.63) is 63.7 Å². The molecule has 0 unspecified atom stereocenters. The van der Waals surface area contributed by atoms with Gasteiger partial charge in [-0.15, -0.1) is 11.3 Å². The average molecular weight is 511 g/mol. The maximum Gasteiger partial charge on any atom is 0.341 e. The van der Waals surface area contributed by atoms with Crippen molar-refractivity contribution in [1.82, 2.24) is 14.8 Å². The smallest absolute Gasteiger partial charge is 0.341 e. The average Bonchev–Trinajstić information content (AvgIpc) is 3.40. The standard InChI is InChI=1S/C26H24F2N4O3S/c1-14-21-17(23(27)28)12-18(15-8-4-3-5-9-15)29-24(21)32(31-14)13-20(33)30-25-22(26(34)35-2)16-10-6-7-11-19(16)36-25/h3-5,8-9,12,23H,6-7,10-11,13H2,1-2H3,(H,30,33). The Bertz CT molecular complexity index is 1460. The molecule has 3 heterocycles. The zero-order valence-electron chi connectivity index (χ0n) is 19.8. The molecular weight excluding hydrogens is 486 g/mol. The van der Waals surface area contributed by atoms with Crippen LogP contribution in [0.3, 0.4) is 0 Å². The number of pyridine rings is 1. The quantitative estimate of drug-likeness (QED) is 0.336. The van der Waals surface area contributed by atoms with Crippen LogP contribution in [0.25, 0.3) is 22.3 Å². The SMILES string of the molecule is COC(=O)c1c(NC(=O)Cn2nc(C)c3c(C(F)F)cc(-c4ccccc4)nc32)sc2c1CCCC2. The first-order chi connectivity index (χ1) is 17.4. The van der Waals surface area contributed by atoms with E-state index in [2.05, 4.69) is 15.4 Å². The molecule has 0 saturated carbocycles. The van der Waals surface area contributed by atoms with Crippen LogP contribution in [0, 0.1) is 6.92 Å². The van der Waals surface area contributed by atoms with Gasteiger partial charge in [-0.05, 0) is 44.2 Å². The highest BCUT2D eigenvalue weighted by atomic mass is 32.1. The summed E-state index contributed by atoms with van der Waals surface area (Å²) in [7, 11) is 1.32. The molecule has 7 nitrogen and oxygen atoms in total. The number of nitrogens with one attached hydrogen (secondary N) is 1. The van der Waals surface area contributed by atoms with Crippen molar-refractivity contribution in [1.29, 1.82) is 0 Å². The zero-order valence-corrected chi connectivity index (χ0v) is 20.6. The number of anilines is 1. The monoisotopic (exact) mass is 510 g/mol. The molecule has 5 rings (SSSR count). The molecule has 1 aromatic carbocycles. The number of aromatic nitrogens is 3. The lowest BCUT2D eigenvalue weighted by Crippen LogP contribution is -2.21. The van der Waals surface area contributed by atoms with Crippen molar-refractivity contribution in [2.24, 2.45) is 0 Å². The fourth-order valence-corrected chi connectivity index (χ4v) is 5.99. The maximum atomic E-state index is 14.0. The van der Waals surface area contributed by atoms with Gasteiger partial charge in [0.1, 0.15) is 11.5 Å². The largest absolute Gasteiger partial charge is 0.465 e. The predicted molar refractivity (Wildman–Crippen MR) is 134 cm³/mol. The Morgan fingerprint density at radius 3 is 2.67 bits per heavy atom. The van der Waals surface area contributed by atoms with Gasteiger partial charge in [0.2, 0.25) is 5.91 Å². The number of alkyl halides is 2. The number of thiophene rings is 1. The number of fused-ring (bicyclic) bond motifs is 2. The highest BCUT2D eigenvalue weighted by Crippen LogP contribution is 2.39. The summed E-state index contributed by atoms with van der Waals surface area (Å²) in [5.41, 5.74) is 2.78. The van der Waals surface area contributed by atoms with E-state index in [4.69, 9.17) is 4.74 Å². The van der Waals surface area contributed by atoms with E-state index >= 15 is 0 Å². The highest BCUT2D eigenvalue weighted by molar-refractivity contribution is 7.17. The van der Waals surface area contributed by atoms with E-state index in [1.165, 1.54) is 29.2 Å². The number of methoxy groups -OCH3 is 1. The summed E-state index contributed by atoms with van der Waals surface area (Å²) in [6.45, 7) is 1.37. The summed E-state index contributed by atoms with van der Waals surface area (Å²) in [5.74, 6) is -0.922. The van der Waals surface area contributed by atoms with Crippen LogP contribution < -0.4 is 5.32 Å². The first kappa shape index (κ1) is 24.1. The van der Waals surface area contributed by atoms with Gasteiger partial charge in [0.15, 0.2) is 5.65 Å². The second kappa shape index (κ2) is 9.77. The molecule has 1 N–H and O–H groups in total. The molecule has 1 amide bonds. The number of ether oxygens (including phenoxy) is 1. The van der Waals surface area contributed by atoms with Crippen LogP contribution in [-0.2, 0) is 28.9 Å². The lowest BCUT2D eigenvalue weighted by atomic mass is 9.95. The van der Waals surface area contributed by atoms with Crippen LogP contribution in [0.5, 0.6) is 0 Å². The number of benzene rings is 1. The van der Waals surface area contributed by atoms with Gasteiger partial charge >= 0.3 is 5.97 Å². The minimum atomic E-state index is -2.73. The molecule has 0 bridgehead atoms. The molecule has 0 aliphatic heterocycles. The Balaban J connectivity index is 1.51. The van der Waals surface area contributed by atoms with Crippen molar-refractivity contribution in [2.45, 2.75) is 45.6 Å². The molecule has 0 saturated heterocycles. The van der Waals surface area contributed by atoms with Crippen LogP contribution in [0.2, 0.25) is 0 Å². The normalized spacial score (nSPS) is 13.1. The number of rotatable bonds is 6. The van der Waals surface area contributed by atoms with Gasteiger partial charge in [-0.3, -0.25) is 4.79 Å². The van der Waals surface area contributed by atoms with Crippen molar-refractivity contribution in [3.63, 3.8) is 0 Å². The Kier molecular flexibility index (Phi) is 6.53. The topological polar surface area (TPSA) is 86.1 Å². The minimum Gasteiger partial charge on any atom is -0.465 e. The fourth-order valence-electron chi connectivity index (χ4n) is 4.70. The second-order valence-corrected chi connectivity index (χ2v) is 9.77. The maximum absolute atomic E-state index is 14.0. The van der Waals surface area contributed by atoms with Crippen LogP contribution in [0.4, 0.5) is 13.8 Å². The van der Waals surface area contributed by atoms with Gasteiger partial charge < -0.3 is 10.1 Å². The Morgan fingerprint density at radius 1 is 1.19 bits per heavy atom. The molecule has 0 atom stereocenters. The van der Waals surface area contributed by atoms with E-state index in [1.807, 2.05) is 6.07 Å². The van der Waals surface area contributed by atoms with Gasteiger partial charge in [0, 0.05) is 16.0 Å². The van der Waals surface area contributed by atoms with Crippen LogP contribution in [0.15, 0.2) is 36.4 Å². The van der Waals surface area contributed by atoms with E-state index < -0.39 is 18.3 Å². The number of aryl methyl sites for hydroxylation is 2. The third-order valence-corrected chi connectivity index (χ3v) is 7.53. The Labute approximate surface area is 210 Å². The number of halogens is 2. The molecule has 1 aliphatic rings. The minimum absolute atomic E-state index is 0.179.